The minimum atomic E-state index is -1.01. The van der Waals surface area contributed by atoms with Crippen LogP contribution >= 0.6 is 0 Å². The number of hydrogen-bond acceptors (Lipinski definition) is 5. The summed E-state index contributed by atoms with van der Waals surface area (Å²) in [4.78, 5) is 45.8. The molecule has 3 unspecified atom stereocenters. The number of likely N-dealkylation sites (tertiary alicyclic amines) is 1. The number of carbonyl (C=O) groups is 3. The number of morpholine rings is 1. The highest BCUT2D eigenvalue weighted by molar-refractivity contribution is 5.95. The van der Waals surface area contributed by atoms with Gasteiger partial charge in [-0.15, -0.1) is 0 Å². The summed E-state index contributed by atoms with van der Waals surface area (Å²) in [5.41, 5.74) is 1.87. The lowest BCUT2D eigenvalue weighted by atomic mass is 10.0. The van der Waals surface area contributed by atoms with Crippen LogP contribution in [0.5, 0.6) is 0 Å². The number of nitrogens with zero attached hydrogens (tertiary/aromatic N) is 2. The number of fused-ring (bicyclic) bond motifs is 2. The molecule has 39 heavy (non-hydrogen) atoms. The van der Waals surface area contributed by atoms with Crippen molar-refractivity contribution >= 4 is 34.5 Å². The van der Waals surface area contributed by atoms with E-state index in [4.69, 9.17) is 9.47 Å². The summed E-state index contributed by atoms with van der Waals surface area (Å²) in [6, 6.07) is 13.0. The van der Waals surface area contributed by atoms with Crippen LogP contribution in [0.1, 0.15) is 32.8 Å². The number of rotatable bonds is 6. The van der Waals surface area contributed by atoms with Crippen molar-refractivity contribution in [2.24, 2.45) is 0 Å². The van der Waals surface area contributed by atoms with Crippen LogP contribution in [0.3, 0.4) is 0 Å². The number of amides is 3. The number of ether oxygens (including phenoxy) is 2. The summed E-state index contributed by atoms with van der Waals surface area (Å²) in [5, 5.41) is 3.78. The summed E-state index contributed by atoms with van der Waals surface area (Å²) >= 11 is 0. The van der Waals surface area contributed by atoms with Gasteiger partial charge in [-0.1, -0.05) is 18.2 Å². The zero-order valence-electron chi connectivity index (χ0n) is 22.3. The highest BCUT2D eigenvalue weighted by atomic mass is 19.1. The summed E-state index contributed by atoms with van der Waals surface area (Å²) < 4.78 is 24.9. The van der Waals surface area contributed by atoms with Gasteiger partial charge in [0.15, 0.2) is 0 Å². The molecular formula is C29H33FN4O5. The minimum absolute atomic E-state index is 0.199. The molecule has 2 fully saturated rings. The molecule has 3 atom stereocenters. The SMILES string of the molecule is CC(C)(C)OC(=O)N1CC2OC(CC(=O)Nc3ccc(F)cc3)C(=O)N(CCc3c[nH]c4ccccc34)C2C1. The topological polar surface area (TPSA) is 104 Å². The maximum atomic E-state index is 13.7. The van der Waals surface area contributed by atoms with Crippen LogP contribution in [0.4, 0.5) is 14.9 Å². The van der Waals surface area contributed by atoms with Crippen LogP contribution in [-0.2, 0) is 25.5 Å². The number of halogens is 1. The molecule has 0 spiro atoms. The summed E-state index contributed by atoms with van der Waals surface area (Å²) in [6.45, 7) is 6.36. The number of benzene rings is 2. The van der Waals surface area contributed by atoms with Gasteiger partial charge in [-0.2, -0.15) is 0 Å². The predicted octanol–water partition coefficient (Wildman–Crippen LogP) is 4.09. The third kappa shape index (κ3) is 6.06. The van der Waals surface area contributed by atoms with Gasteiger partial charge in [-0.3, -0.25) is 9.59 Å². The van der Waals surface area contributed by atoms with Gasteiger partial charge in [-0.05, 0) is 63.1 Å². The highest BCUT2D eigenvalue weighted by Gasteiger charge is 2.49. The van der Waals surface area contributed by atoms with Gasteiger partial charge in [-0.25, -0.2) is 9.18 Å². The first-order valence-electron chi connectivity index (χ1n) is 13.1. The first-order chi connectivity index (χ1) is 18.6. The van der Waals surface area contributed by atoms with Crippen molar-refractivity contribution in [1.29, 1.82) is 0 Å². The lowest BCUT2D eigenvalue weighted by molar-refractivity contribution is -0.168. The van der Waals surface area contributed by atoms with Crippen LogP contribution in [0.2, 0.25) is 0 Å². The summed E-state index contributed by atoms with van der Waals surface area (Å²) in [5.74, 6) is -1.13. The Hall–Kier alpha value is -3.92. The lowest BCUT2D eigenvalue weighted by Gasteiger charge is -2.40. The van der Waals surface area contributed by atoms with Gasteiger partial charge in [0.05, 0.1) is 25.1 Å². The molecule has 3 amide bonds. The number of para-hydroxylation sites is 1. The third-order valence-corrected chi connectivity index (χ3v) is 6.98. The van der Waals surface area contributed by atoms with Crippen LogP contribution in [0.15, 0.2) is 54.7 Å². The molecule has 0 bridgehead atoms. The van der Waals surface area contributed by atoms with E-state index >= 15 is 0 Å². The molecule has 2 N–H and O–H groups in total. The second-order valence-corrected chi connectivity index (χ2v) is 11.0. The van der Waals surface area contributed by atoms with Gasteiger partial charge >= 0.3 is 6.09 Å². The highest BCUT2D eigenvalue weighted by Crippen LogP contribution is 2.30. The smallest absolute Gasteiger partial charge is 0.410 e. The lowest BCUT2D eigenvalue weighted by Crippen LogP contribution is -2.59. The van der Waals surface area contributed by atoms with Crippen LogP contribution in [-0.4, -0.2) is 76.2 Å². The fraction of sp³-hybridized carbons (Fsp3) is 0.414. The molecule has 2 aliphatic rings. The van der Waals surface area contributed by atoms with Gasteiger partial charge < -0.3 is 29.6 Å². The molecule has 3 aromatic rings. The number of hydrogen-bond donors (Lipinski definition) is 2. The van der Waals surface area contributed by atoms with Gasteiger partial charge in [0.1, 0.15) is 17.5 Å². The molecular weight excluding hydrogens is 503 g/mol. The van der Waals surface area contributed by atoms with E-state index in [1.165, 1.54) is 24.3 Å². The average Bonchev–Trinajstić information content (AvgIpc) is 3.49. The molecule has 206 valence electrons. The molecule has 9 nitrogen and oxygen atoms in total. The Kier molecular flexibility index (Phi) is 7.31. The first-order valence-corrected chi connectivity index (χ1v) is 13.1. The zero-order chi connectivity index (χ0) is 27.7. The molecule has 2 aliphatic heterocycles. The van der Waals surface area contributed by atoms with E-state index < -0.39 is 35.6 Å². The zero-order valence-corrected chi connectivity index (χ0v) is 22.3. The summed E-state index contributed by atoms with van der Waals surface area (Å²) in [7, 11) is 0. The van der Waals surface area contributed by atoms with Crippen molar-refractivity contribution in [3.05, 3.63) is 66.1 Å². The Bertz CT molecular complexity index is 1370. The van der Waals surface area contributed by atoms with Crippen molar-refractivity contribution in [2.75, 3.05) is 25.0 Å². The summed E-state index contributed by atoms with van der Waals surface area (Å²) in [6.07, 6.45) is 0.419. The van der Waals surface area contributed by atoms with E-state index in [1.807, 2.05) is 30.5 Å². The third-order valence-electron chi connectivity index (χ3n) is 6.98. The Labute approximate surface area is 226 Å². The monoisotopic (exact) mass is 536 g/mol. The molecule has 0 radical (unpaired) electrons. The maximum absolute atomic E-state index is 13.7. The van der Waals surface area contributed by atoms with Crippen molar-refractivity contribution < 1.29 is 28.2 Å². The maximum Gasteiger partial charge on any atom is 0.410 e. The van der Waals surface area contributed by atoms with E-state index in [1.54, 1.807) is 30.6 Å². The second-order valence-electron chi connectivity index (χ2n) is 11.0. The molecule has 2 aromatic carbocycles. The van der Waals surface area contributed by atoms with Crippen molar-refractivity contribution in [3.8, 4) is 0 Å². The number of H-pyrrole nitrogens is 1. The molecule has 0 saturated carbocycles. The predicted molar refractivity (Wildman–Crippen MR) is 144 cm³/mol. The van der Waals surface area contributed by atoms with E-state index in [9.17, 15) is 18.8 Å². The fourth-order valence-electron chi connectivity index (χ4n) is 5.19. The van der Waals surface area contributed by atoms with E-state index in [0.29, 0.717) is 18.7 Å². The fourth-order valence-corrected chi connectivity index (χ4v) is 5.19. The molecule has 3 heterocycles. The number of aromatic nitrogens is 1. The minimum Gasteiger partial charge on any atom is -0.444 e. The van der Waals surface area contributed by atoms with Crippen molar-refractivity contribution in [1.82, 2.24) is 14.8 Å². The number of aromatic amines is 1. The number of carbonyl (C=O) groups excluding carboxylic acids is 3. The van der Waals surface area contributed by atoms with Crippen LogP contribution in [0.25, 0.3) is 10.9 Å². The molecule has 2 saturated heterocycles. The standard InChI is InChI=1S/C29H33FN4O5/c1-29(2,3)39-28(37)33-16-23-25(17-33)38-24(14-26(35)32-20-10-8-19(30)9-11-20)27(36)34(23)13-12-18-15-31-22-7-5-4-6-21(18)22/h4-11,15,23-25,31H,12-14,16-17H2,1-3H3,(H,32,35). The Balaban J connectivity index is 1.33. The quantitative estimate of drug-likeness (QED) is 0.494. The largest absolute Gasteiger partial charge is 0.444 e. The van der Waals surface area contributed by atoms with Gasteiger partial charge in [0.25, 0.3) is 5.91 Å². The Morgan fingerprint density at radius 1 is 1.13 bits per heavy atom. The second kappa shape index (κ2) is 10.7. The average molecular weight is 537 g/mol. The molecule has 0 aliphatic carbocycles. The molecule has 1 aromatic heterocycles. The van der Waals surface area contributed by atoms with E-state index in [0.717, 1.165) is 16.5 Å². The molecule has 10 heteroatoms. The Morgan fingerprint density at radius 2 is 1.87 bits per heavy atom. The van der Waals surface area contributed by atoms with E-state index in [2.05, 4.69) is 10.3 Å². The Morgan fingerprint density at radius 3 is 2.62 bits per heavy atom. The van der Waals surface area contributed by atoms with Crippen LogP contribution < -0.4 is 5.32 Å². The van der Waals surface area contributed by atoms with Crippen LogP contribution in [0, 0.1) is 5.82 Å². The number of anilines is 1. The van der Waals surface area contributed by atoms with Crippen molar-refractivity contribution in [2.45, 2.75) is 57.5 Å². The molecule has 5 rings (SSSR count). The van der Waals surface area contributed by atoms with Crippen molar-refractivity contribution in [3.63, 3.8) is 0 Å². The van der Waals surface area contributed by atoms with Gasteiger partial charge in [0.2, 0.25) is 5.91 Å². The first kappa shape index (κ1) is 26.7. The van der Waals surface area contributed by atoms with E-state index in [-0.39, 0.29) is 31.5 Å². The normalized spacial score (nSPS) is 21.2. The number of nitrogens with one attached hydrogen (secondary N) is 2. The van der Waals surface area contributed by atoms with Gasteiger partial charge in [0, 0.05) is 35.9 Å².